The highest BCUT2D eigenvalue weighted by molar-refractivity contribution is 8.00. The minimum Gasteiger partial charge on any atom is -0.480 e. The Morgan fingerprint density at radius 3 is 3.05 bits per heavy atom. The van der Waals surface area contributed by atoms with Crippen LogP contribution in [-0.4, -0.2) is 39.7 Å². The molecule has 0 radical (unpaired) electrons. The van der Waals surface area contributed by atoms with Crippen molar-refractivity contribution >= 4 is 35.0 Å². The predicted octanol–water partition coefficient (Wildman–Crippen LogP) is 2.54. The van der Waals surface area contributed by atoms with Crippen molar-refractivity contribution in [3.63, 3.8) is 0 Å². The Hall–Kier alpha value is -1.01. The lowest BCUT2D eigenvalue weighted by molar-refractivity contribution is -0.155. The lowest BCUT2D eigenvalue weighted by Crippen LogP contribution is -2.52. The van der Waals surface area contributed by atoms with Crippen LogP contribution in [0.15, 0.2) is 11.4 Å². The van der Waals surface area contributed by atoms with E-state index in [1.807, 2.05) is 11.4 Å². The number of carboxylic acid groups (broad SMARTS) is 1. The Morgan fingerprint density at radius 1 is 1.50 bits per heavy atom. The predicted molar refractivity (Wildman–Crippen MR) is 80.2 cm³/mol. The van der Waals surface area contributed by atoms with Crippen LogP contribution in [0.4, 0.5) is 0 Å². The molecule has 6 heteroatoms. The van der Waals surface area contributed by atoms with Gasteiger partial charge in [0.15, 0.2) is 0 Å². The van der Waals surface area contributed by atoms with Crippen LogP contribution in [0.5, 0.6) is 0 Å². The zero-order valence-corrected chi connectivity index (χ0v) is 12.9. The summed E-state index contributed by atoms with van der Waals surface area (Å²) in [4.78, 5) is 27.2. The molecule has 1 N–H and O–H groups in total. The van der Waals surface area contributed by atoms with E-state index in [4.69, 9.17) is 0 Å². The van der Waals surface area contributed by atoms with Crippen LogP contribution in [0.1, 0.15) is 35.5 Å². The third-order valence-corrected chi connectivity index (χ3v) is 6.49. The van der Waals surface area contributed by atoms with Gasteiger partial charge in [-0.15, -0.1) is 23.1 Å². The molecule has 1 saturated heterocycles. The van der Waals surface area contributed by atoms with E-state index in [2.05, 4.69) is 0 Å². The molecule has 20 heavy (non-hydrogen) atoms. The summed E-state index contributed by atoms with van der Waals surface area (Å²) in [5.41, 5.74) is 0.0570. The van der Waals surface area contributed by atoms with Gasteiger partial charge in [-0.3, -0.25) is 4.79 Å². The van der Waals surface area contributed by atoms with Gasteiger partial charge >= 0.3 is 5.97 Å². The average molecular weight is 311 g/mol. The maximum absolute atomic E-state index is 12.8. The molecule has 108 valence electrons. The Kier molecular flexibility index (Phi) is 3.54. The first-order valence-corrected chi connectivity index (χ1v) is 8.69. The smallest absolute Gasteiger partial charge is 0.329 e. The molecule has 1 amide bonds. The zero-order chi connectivity index (χ0) is 14.3. The molecule has 0 bridgehead atoms. The van der Waals surface area contributed by atoms with Crippen LogP contribution in [0.2, 0.25) is 0 Å². The lowest BCUT2D eigenvalue weighted by Gasteiger charge is -2.34. The second-order valence-electron chi connectivity index (χ2n) is 5.47. The van der Waals surface area contributed by atoms with Crippen molar-refractivity contribution in [3.05, 3.63) is 21.9 Å². The van der Waals surface area contributed by atoms with E-state index in [-0.39, 0.29) is 11.2 Å². The number of hydrogen-bond acceptors (Lipinski definition) is 4. The van der Waals surface area contributed by atoms with Crippen molar-refractivity contribution in [2.24, 2.45) is 0 Å². The van der Waals surface area contributed by atoms with Gasteiger partial charge in [-0.05, 0) is 48.9 Å². The van der Waals surface area contributed by atoms with Crippen LogP contribution in [0.3, 0.4) is 0 Å². The molecule has 3 heterocycles. The normalized spacial score (nSPS) is 29.2. The van der Waals surface area contributed by atoms with Crippen LogP contribution in [0.25, 0.3) is 0 Å². The summed E-state index contributed by atoms with van der Waals surface area (Å²) in [5, 5.41) is 11.3. The number of likely N-dealkylation sites (tertiary alicyclic amines) is 1. The summed E-state index contributed by atoms with van der Waals surface area (Å²) in [6.07, 6.45) is 2.32. The van der Waals surface area contributed by atoms with Gasteiger partial charge in [-0.2, -0.15) is 0 Å². The number of rotatable bonds is 2. The van der Waals surface area contributed by atoms with E-state index in [1.54, 1.807) is 34.9 Å². The van der Waals surface area contributed by atoms with Crippen molar-refractivity contribution in [3.8, 4) is 0 Å². The number of thioether (sulfide) groups is 1. The maximum atomic E-state index is 12.8. The van der Waals surface area contributed by atoms with Crippen molar-refractivity contribution in [1.29, 1.82) is 0 Å². The minimum absolute atomic E-state index is 0.0308. The second kappa shape index (κ2) is 5.07. The molecule has 1 aromatic heterocycles. The average Bonchev–Trinajstić information content (AvgIpc) is 3.04. The summed E-state index contributed by atoms with van der Waals surface area (Å²) in [6, 6.07) is 2.02. The molecule has 0 saturated carbocycles. The van der Waals surface area contributed by atoms with Gasteiger partial charge < -0.3 is 10.0 Å². The van der Waals surface area contributed by atoms with Crippen molar-refractivity contribution < 1.29 is 14.7 Å². The number of carboxylic acids is 1. The number of nitrogens with zero attached hydrogens (tertiary/aromatic N) is 1. The van der Waals surface area contributed by atoms with E-state index in [1.165, 1.54) is 4.88 Å². The second-order valence-corrected chi connectivity index (χ2v) is 7.69. The number of carbonyl (C=O) groups is 2. The van der Waals surface area contributed by atoms with Crippen molar-refractivity contribution in [2.45, 2.75) is 37.0 Å². The highest BCUT2D eigenvalue weighted by Crippen LogP contribution is 2.43. The Morgan fingerprint density at radius 2 is 2.30 bits per heavy atom. The first-order chi connectivity index (χ1) is 9.54. The number of aryl methyl sites for hydroxylation is 1. The molecule has 2 atom stereocenters. The summed E-state index contributed by atoms with van der Waals surface area (Å²) < 4.78 is 0. The van der Waals surface area contributed by atoms with Gasteiger partial charge in [0.05, 0.1) is 0 Å². The number of aliphatic carboxylic acids is 1. The maximum Gasteiger partial charge on any atom is 0.329 e. The van der Waals surface area contributed by atoms with Crippen LogP contribution < -0.4 is 0 Å². The molecule has 2 unspecified atom stereocenters. The third-order valence-electron chi connectivity index (χ3n) is 4.27. The van der Waals surface area contributed by atoms with Gasteiger partial charge in [0.25, 0.3) is 0 Å². The van der Waals surface area contributed by atoms with E-state index in [0.717, 1.165) is 24.2 Å². The molecule has 2 aliphatic heterocycles. The molecule has 3 rings (SSSR count). The monoisotopic (exact) mass is 311 g/mol. The van der Waals surface area contributed by atoms with Gasteiger partial charge in [0.1, 0.15) is 10.8 Å². The molecule has 4 nitrogen and oxygen atoms in total. The van der Waals surface area contributed by atoms with Gasteiger partial charge in [0.2, 0.25) is 5.91 Å². The Balaban J connectivity index is 1.89. The van der Waals surface area contributed by atoms with Crippen molar-refractivity contribution in [2.75, 3.05) is 12.3 Å². The number of carbonyl (C=O) groups excluding carboxylic acids is 1. The topological polar surface area (TPSA) is 57.6 Å². The highest BCUT2D eigenvalue weighted by Gasteiger charge is 2.48. The van der Waals surface area contributed by atoms with E-state index < -0.39 is 11.5 Å². The molecular weight excluding hydrogens is 294 g/mol. The fourth-order valence-corrected chi connectivity index (χ4v) is 5.38. The first kappa shape index (κ1) is 13.9. The molecule has 0 spiro atoms. The Labute approximate surface area is 126 Å². The van der Waals surface area contributed by atoms with E-state index in [0.29, 0.717) is 13.0 Å². The molecule has 2 aliphatic rings. The fraction of sp³-hybridized carbons (Fsp3) is 0.571. The highest BCUT2D eigenvalue weighted by atomic mass is 32.2. The van der Waals surface area contributed by atoms with Crippen LogP contribution >= 0.6 is 23.1 Å². The quantitative estimate of drug-likeness (QED) is 0.912. The lowest BCUT2D eigenvalue weighted by atomic mass is 9.98. The Bertz CT molecular complexity index is 556. The molecule has 1 aromatic rings. The fourth-order valence-electron chi connectivity index (χ4n) is 3.03. The van der Waals surface area contributed by atoms with Gasteiger partial charge in [-0.25, -0.2) is 4.79 Å². The number of fused-ring (bicyclic) bond motifs is 1. The largest absolute Gasteiger partial charge is 0.480 e. The number of thiophene rings is 1. The standard InChI is InChI=1S/C14H17NO3S2/c1-14(13(17)18)5-2-6-15(14)12(16)11-9-3-7-19-10(9)4-8-20-11/h3,7,11H,2,4-6,8H2,1H3,(H,17,18). The van der Waals surface area contributed by atoms with E-state index >= 15 is 0 Å². The zero-order valence-electron chi connectivity index (χ0n) is 11.3. The van der Waals surface area contributed by atoms with Crippen LogP contribution in [0, 0.1) is 0 Å². The number of amides is 1. The summed E-state index contributed by atoms with van der Waals surface area (Å²) in [6.45, 7) is 2.22. The van der Waals surface area contributed by atoms with Gasteiger partial charge in [0, 0.05) is 11.4 Å². The molecular formula is C14H17NO3S2. The van der Waals surface area contributed by atoms with Gasteiger partial charge in [-0.1, -0.05) is 0 Å². The molecule has 0 aromatic carbocycles. The summed E-state index contributed by atoms with van der Waals surface area (Å²) >= 11 is 3.34. The minimum atomic E-state index is -1.04. The third kappa shape index (κ3) is 2.05. The number of hydrogen-bond donors (Lipinski definition) is 1. The molecule has 1 fully saturated rings. The summed E-state index contributed by atoms with van der Waals surface area (Å²) in [7, 11) is 0. The summed E-state index contributed by atoms with van der Waals surface area (Å²) in [5.74, 6) is 0.00751. The van der Waals surface area contributed by atoms with E-state index in [9.17, 15) is 14.7 Å². The van der Waals surface area contributed by atoms with Crippen LogP contribution in [-0.2, 0) is 16.0 Å². The molecule has 0 aliphatic carbocycles. The first-order valence-electron chi connectivity index (χ1n) is 6.77. The van der Waals surface area contributed by atoms with Crippen molar-refractivity contribution in [1.82, 2.24) is 4.90 Å². The SMILES string of the molecule is CC1(C(=O)O)CCCN1C(=O)C1SCCc2sccc21.